The largest absolute Gasteiger partial charge is 0.354 e. The number of rotatable bonds is 13. The number of aryl methyl sites for hydroxylation is 2. The third kappa shape index (κ3) is 8.43. The third-order valence-corrected chi connectivity index (χ3v) is 8.96. The van der Waals surface area contributed by atoms with Gasteiger partial charge in [0.2, 0.25) is 11.8 Å². The van der Waals surface area contributed by atoms with E-state index in [1.165, 1.54) is 4.90 Å². The maximum atomic E-state index is 14.0. The highest BCUT2D eigenvalue weighted by Crippen LogP contribution is 2.27. The van der Waals surface area contributed by atoms with Gasteiger partial charge in [0.1, 0.15) is 12.6 Å². The average Bonchev–Trinajstić information content (AvgIpc) is 2.94. The second kappa shape index (κ2) is 14.3. The fourth-order valence-corrected chi connectivity index (χ4v) is 5.93. The Hall–Kier alpha value is -3.65. The fourth-order valence-electron chi connectivity index (χ4n) is 4.52. The summed E-state index contributed by atoms with van der Waals surface area (Å²) >= 11 is 0. The predicted octanol–water partition coefficient (Wildman–Crippen LogP) is 5.96. The Morgan fingerprint density at radius 3 is 2.12 bits per heavy atom. The summed E-state index contributed by atoms with van der Waals surface area (Å²) in [4.78, 5) is 28.7. The molecular formula is C33H43N3O4S. The van der Waals surface area contributed by atoms with Crippen molar-refractivity contribution in [3.8, 4) is 0 Å². The summed E-state index contributed by atoms with van der Waals surface area (Å²) in [6.07, 6.45) is 1.77. The quantitative estimate of drug-likeness (QED) is 0.254. The van der Waals surface area contributed by atoms with Gasteiger partial charge in [0, 0.05) is 13.1 Å². The smallest absolute Gasteiger partial charge is 0.264 e. The molecule has 1 N–H and O–H groups in total. The highest BCUT2D eigenvalue weighted by molar-refractivity contribution is 7.92. The lowest BCUT2D eigenvalue weighted by Gasteiger charge is -2.32. The molecule has 0 saturated carbocycles. The number of nitrogens with one attached hydrogen (secondary N) is 1. The van der Waals surface area contributed by atoms with E-state index in [1.807, 2.05) is 57.2 Å². The van der Waals surface area contributed by atoms with Crippen LogP contribution in [0.2, 0.25) is 0 Å². The van der Waals surface area contributed by atoms with Crippen LogP contribution in [0, 0.1) is 13.8 Å². The number of hydrogen-bond donors (Lipinski definition) is 1. The molecule has 3 rings (SSSR count). The Bertz CT molecular complexity index is 1420. The zero-order valence-corrected chi connectivity index (χ0v) is 25.9. The maximum Gasteiger partial charge on any atom is 0.264 e. The summed E-state index contributed by atoms with van der Waals surface area (Å²) in [5.41, 5.74) is 4.27. The number of sulfonamides is 1. The van der Waals surface area contributed by atoms with Crippen LogP contribution >= 0.6 is 0 Å². The van der Waals surface area contributed by atoms with Gasteiger partial charge in [-0.05, 0) is 68.5 Å². The second-order valence-electron chi connectivity index (χ2n) is 10.9. The van der Waals surface area contributed by atoms with E-state index >= 15 is 0 Å². The number of unbranched alkanes of at least 4 members (excludes halogenated alkanes) is 1. The molecule has 7 nitrogen and oxygen atoms in total. The summed E-state index contributed by atoms with van der Waals surface area (Å²) in [6.45, 7) is 12.0. The molecule has 8 heteroatoms. The minimum atomic E-state index is -4.09. The van der Waals surface area contributed by atoms with Crippen molar-refractivity contribution in [2.75, 3.05) is 17.4 Å². The fraction of sp³-hybridized carbons (Fsp3) is 0.394. The highest BCUT2D eigenvalue weighted by atomic mass is 32.2. The molecule has 0 spiro atoms. The van der Waals surface area contributed by atoms with Gasteiger partial charge in [-0.1, -0.05) is 86.8 Å². The first kappa shape index (κ1) is 31.9. The van der Waals surface area contributed by atoms with E-state index in [4.69, 9.17) is 0 Å². The SMILES string of the molecule is CCCCNC(=O)[C@@H](C)N(Cc1cccc(C)c1)C(=O)CN(c1ccc(C(C)C)cc1)S(=O)(=O)c1ccc(C)cc1. The molecule has 1 atom stereocenters. The van der Waals surface area contributed by atoms with Crippen molar-refractivity contribution in [3.63, 3.8) is 0 Å². The van der Waals surface area contributed by atoms with E-state index in [1.54, 1.807) is 43.3 Å². The molecule has 3 aromatic carbocycles. The van der Waals surface area contributed by atoms with Crippen molar-refractivity contribution in [3.05, 3.63) is 95.1 Å². The van der Waals surface area contributed by atoms with Gasteiger partial charge in [-0.25, -0.2) is 8.42 Å². The lowest BCUT2D eigenvalue weighted by atomic mass is 10.0. The van der Waals surface area contributed by atoms with Crippen LogP contribution in [0.25, 0.3) is 0 Å². The summed E-state index contributed by atoms with van der Waals surface area (Å²) < 4.78 is 29.1. The lowest BCUT2D eigenvalue weighted by molar-refractivity contribution is -0.139. The number of hydrogen-bond acceptors (Lipinski definition) is 4. The molecule has 0 aliphatic carbocycles. The minimum absolute atomic E-state index is 0.0967. The van der Waals surface area contributed by atoms with Gasteiger partial charge in [-0.2, -0.15) is 0 Å². The first-order valence-corrected chi connectivity index (χ1v) is 15.7. The van der Waals surface area contributed by atoms with Gasteiger partial charge in [-0.15, -0.1) is 0 Å². The van der Waals surface area contributed by atoms with Gasteiger partial charge >= 0.3 is 0 Å². The molecule has 41 heavy (non-hydrogen) atoms. The Morgan fingerprint density at radius 2 is 1.54 bits per heavy atom. The summed E-state index contributed by atoms with van der Waals surface area (Å²) in [5, 5.41) is 2.91. The molecule has 0 unspecified atom stereocenters. The second-order valence-corrected chi connectivity index (χ2v) is 12.8. The van der Waals surface area contributed by atoms with Crippen LogP contribution in [-0.4, -0.2) is 44.3 Å². The van der Waals surface area contributed by atoms with Crippen LogP contribution in [0.1, 0.15) is 68.7 Å². The molecule has 0 radical (unpaired) electrons. The van der Waals surface area contributed by atoms with Crippen LogP contribution in [0.5, 0.6) is 0 Å². The van der Waals surface area contributed by atoms with Gasteiger partial charge in [0.05, 0.1) is 10.6 Å². The molecule has 0 aromatic heterocycles. The molecular weight excluding hydrogens is 534 g/mol. The molecule has 0 bridgehead atoms. The summed E-state index contributed by atoms with van der Waals surface area (Å²) in [6, 6.07) is 20.8. The summed E-state index contributed by atoms with van der Waals surface area (Å²) in [7, 11) is -4.09. The van der Waals surface area contributed by atoms with Crippen LogP contribution in [0.3, 0.4) is 0 Å². The normalized spacial score (nSPS) is 12.2. The molecule has 0 aliphatic heterocycles. The van der Waals surface area contributed by atoms with E-state index in [0.29, 0.717) is 12.2 Å². The number of nitrogens with zero attached hydrogens (tertiary/aromatic N) is 2. The van der Waals surface area contributed by atoms with Crippen molar-refractivity contribution in [2.24, 2.45) is 0 Å². The van der Waals surface area contributed by atoms with Crippen molar-refractivity contribution in [2.45, 2.75) is 77.8 Å². The van der Waals surface area contributed by atoms with Crippen LogP contribution in [-0.2, 0) is 26.2 Å². The van der Waals surface area contributed by atoms with E-state index in [-0.39, 0.29) is 23.3 Å². The monoisotopic (exact) mass is 577 g/mol. The van der Waals surface area contributed by atoms with Gasteiger partial charge in [-0.3, -0.25) is 13.9 Å². The van der Waals surface area contributed by atoms with E-state index < -0.39 is 28.5 Å². The molecule has 2 amide bonds. The molecule has 0 heterocycles. The number of amides is 2. The van der Waals surface area contributed by atoms with Crippen molar-refractivity contribution in [1.82, 2.24) is 10.2 Å². The Kier molecular flexibility index (Phi) is 11.1. The molecule has 220 valence electrons. The summed E-state index contributed by atoms with van der Waals surface area (Å²) in [5.74, 6) is -0.466. The van der Waals surface area contributed by atoms with Crippen molar-refractivity contribution in [1.29, 1.82) is 0 Å². The van der Waals surface area contributed by atoms with E-state index in [0.717, 1.165) is 39.4 Å². The first-order chi connectivity index (χ1) is 19.4. The third-order valence-electron chi connectivity index (χ3n) is 7.17. The Balaban J connectivity index is 2.02. The number of benzene rings is 3. The first-order valence-electron chi connectivity index (χ1n) is 14.3. The predicted molar refractivity (Wildman–Crippen MR) is 165 cm³/mol. The molecule has 0 aliphatic rings. The molecule has 0 fully saturated rings. The Labute approximate surface area is 245 Å². The van der Waals surface area contributed by atoms with E-state index in [2.05, 4.69) is 19.2 Å². The van der Waals surface area contributed by atoms with Crippen molar-refractivity contribution < 1.29 is 18.0 Å². The molecule has 3 aromatic rings. The average molecular weight is 578 g/mol. The van der Waals surface area contributed by atoms with Crippen LogP contribution in [0.15, 0.2) is 77.7 Å². The maximum absolute atomic E-state index is 14.0. The number of carbonyl (C=O) groups is 2. The van der Waals surface area contributed by atoms with Crippen LogP contribution in [0.4, 0.5) is 5.69 Å². The van der Waals surface area contributed by atoms with Crippen molar-refractivity contribution >= 4 is 27.5 Å². The highest BCUT2D eigenvalue weighted by Gasteiger charge is 2.32. The zero-order valence-electron chi connectivity index (χ0n) is 25.1. The molecule has 0 saturated heterocycles. The van der Waals surface area contributed by atoms with E-state index in [9.17, 15) is 18.0 Å². The zero-order chi connectivity index (χ0) is 30.2. The Morgan fingerprint density at radius 1 is 0.878 bits per heavy atom. The standard InChI is InChI=1S/C33H43N3O4S/c1-7-8-20-34-33(38)27(6)35(22-28-11-9-10-26(5)21-28)32(37)23-36(30-16-14-29(15-17-30)24(2)3)41(39,40)31-18-12-25(4)13-19-31/h9-19,21,24,27H,7-8,20,22-23H2,1-6H3,(H,34,38)/t27-/m1/s1. The minimum Gasteiger partial charge on any atom is -0.354 e. The van der Waals surface area contributed by atoms with Gasteiger partial charge < -0.3 is 10.2 Å². The van der Waals surface area contributed by atoms with Crippen LogP contribution < -0.4 is 9.62 Å². The number of carbonyl (C=O) groups excluding carboxylic acids is 2. The number of anilines is 1. The van der Waals surface area contributed by atoms with Gasteiger partial charge in [0.25, 0.3) is 10.0 Å². The van der Waals surface area contributed by atoms with Gasteiger partial charge in [0.15, 0.2) is 0 Å². The lowest BCUT2D eigenvalue weighted by Crippen LogP contribution is -2.51. The topological polar surface area (TPSA) is 86.8 Å².